The van der Waals surface area contributed by atoms with Crippen LogP contribution in [-0.4, -0.2) is 17.1 Å². The molecule has 0 aromatic heterocycles. The van der Waals surface area contributed by atoms with Crippen LogP contribution >= 0.6 is 0 Å². The fourth-order valence-electron chi connectivity index (χ4n) is 1.43. The van der Waals surface area contributed by atoms with Gasteiger partial charge in [-0.25, -0.2) is 0 Å². The van der Waals surface area contributed by atoms with Crippen molar-refractivity contribution in [3.8, 4) is 11.8 Å². The van der Waals surface area contributed by atoms with Crippen LogP contribution in [0.4, 0.5) is 0 Å². The number of hydrogen-bond acceptors (Lipinski definition) is 3. The molecule has 0 saturated carbocycles. The maximum absolute atomic E-state index is 12.1. The lowest BCUT2D eigenvalue weighted by molar-refractivity contribution is -0.162. The first-order valence-electron chi connectivity index (χ1n) is 6.72. The van der Waals surface area contributed by atoms with Crippen LogP contribution in [0.15, 0.2) is 30.3 Å². The van der Waals surface area contributed by atoms with Crippen LogP contribution in [0.1, 0.15) is 40.2 Å². The molecule has 2 atom stereocenters. The second kappa shape index (κ2) is 6.11. The van der Waals surface area contributed by atoms with Gasteiger partial charge in [0.15, 0.2) is 0 Å². The SMILES string of the molecule is C[C@H](C#Cc1ccccc1)[C@](C)(N)C(=O)OC(C)(C)C. The Morgan fingerprint density at radius 3 is 2.25 bits per heavy atom. The van der Waals surface area contributed by atoms with Gasteiger partial charge in [0.05, 0.1) is 0 Å². The molecule has 0 unspecified atom stereocenters. The molecule has 0 fully saturated rings. The summed E-state index contributed by atoms with van der Waals surface area (Å²) >= 11 is 0. The van der Waals surface area contributed by atoms with E-state index in [1.54, 1.807) is 6.92 Å². The largest absolute Gasteiger partial charge is 0.459 e. The molecule has 0 heterocycles. The second-order valence-electron chi connectivity index (χ2n) is 6.14. The van der Waals surface area contributed by atoms with Gasteiger partial charge in [-0.05, 0) is 46.8 Å². The molecule has 2 N–H and O–H groups in total. The summed E-state index contributed by atoms with van der Waals surface area (Å²) in [5, 5.41) is 0. The van der Waals surface area contributed by atoms with Crippen LogP contribution in [-0.2, 0) is 9.53 Å². The van der Waals surface area contributed by atoms with E-state index < -0.39 is 17.1 Å². The van der Waals surface area contributed by atoms with Gasteiger partial charge in [-0.1, -0.05) is 30.0 Å². The van der Waals surface area contributed by atoms with E-state index in [9.17, 15) is 4.79 Å². The molecule has 0 saturated heterocycles. The Balaban J connectivity index is 2.82. The summed E-state index contributed by atoms with van der Waals surface area (Å²) in [7, 11) is 0. The first-order chi connectivity index (χ1) is 9.13. The third kappa shape index (κ3) is 4.71. The number of carbonyl (C=O) groups excluding carboxylic acids is 1. The number of nitrogens with two attached hydrogens (primary N) is 1. The average Bonchev–Trinajstić information content (AvgIpc) is 2.35. The Labute approximate surface area is 121 Å². The van der Waals surface area contributed by atoms with E-state index >= 15 is 0 Å². The number of hydrogen-bond donors (Lipinski definition) is 1. The summed E-state index contributed by atoms with van der Waals surface area (Å²) in [6, 6.07) is 9.61. The highest BCUT2D eigenvalue weighted by atomic mass is 16.6. The molecule has 0 aliphatic heterocycles. The average molecular weight is 273 g/mol. The lowest BCUT2D eigenvalue weighted by atomic mass is 9.88. The van der Waals surface area contributed by atoms with Crippen LogP contribution in [0.5, 0.6) is 0 Å². The summed E-state index contributed by atoms with van der Waals surface area (Å²) in [6.07, 6.45) is 0. The maximum atomic E-state index is 12.1. The van der Waals surface area contributed by atoms with Crippen molar-refractivity contribution in [2.45, 2.75) is 45.8 Å². The van der Waals surface area contributed by atoms with E-state index in [1.807, 2.05) is 58.0 Å². The number of carbonyl (C=O) groups is 1. The minimum atomic E-state index is -1.13. The van der Waals surface area contributed by atoms with Crippen molar-refractivity contribution < 1.29 is 9.53 Å². The van der Waals surface area contributed by atoms with Crippen molar-refractivity contribution in [1.29, 1.82) is 0 Å². The molecular formula is C17H23NO2. The van der Waals surface area contributed by atoms with Crippen molar-refractivity contribution in [3.63, 3.8) is 0 Å². The van der Waals surface area contributed by atoms with Gasteiger partial charge in [0.25, 0.3) is 0 Å². The Morgan fingerprint density at radius 2 is 1.75 bits per heavy atom. The highest BCUT2D eigenvalue weighted by Crippen LogP contribution is 2.19. The molecule has 108 valence electrons. The molecule has 0 amide bonds. The molecule has 0 aliphatic carbocycles. The van der Waals surface area contributed by atoms with Crippen molar-refractivity contribution in [2.75, 3.05) is 0 Å². The first kappa shape index (κ1) is 16.3. The zero-order valence-electron chi connectivity index (χ0n) is 12.9. The lowest BCUT2D eigenvalue weighted by Gasteiger charge is -2.30. The highest BCUT2D eigenvalue weighted by molar-refractivity contribution is 5.81. The quantitative estimate of drug-likeness (QED) is 0.666. The fourth-order valence-corrected chi connectivity index (χ4v) is 1.43. The van der Waals surface area contributed by atoms with Gasteiger partial charge in [-0.3, -0.25) is 4.79 Å². The minimum Gasteiger partial charge on any atom is -0.459 e. The molecule has 0 bridgehead atoms. The number of ether oxygens (including phenoxy) is 1. The van der Waals surface area contributed by atoms with Crippen molar-refractivity contribution in [2.24, 2.45) is 11.7 Å². The third-order valence-electron chi connectivity index (χ3n) is 2.95. The Morgan fingerprint density at radius 1 is 1.20 bits per heavy atom. The molecule has 0 radical (unpaired) electrons. The zero-order valence-corrected chi connectivity index (χ0v) is 12.9. The summed E-state index contributed by atoms with van der Waals surface area (Å²) in [5.74, 6) is 5.32. The normalized spacial score (nSPS) is 15.5. The molecular weight excluding hydrogens is 250 g/mol. The Hall–Kier alpha value is -1.79. The van der Waals surface area contributed by atoms with Crippen molar-refractivity contribution in [1.82, 2.24) is 0 Å². The summed E-state index contributed by atoms with van der Waals surface area (Å²) in [6.45, 7) is 8.95. The predicted molar refractivity (Wildman–Crippen MR) is 80.9 cm³/mol. The van der Waals surface area contributed by atoms with Gasteiger partial charge < -0.3 is 10.5 Å². The summed E-state index contributed by atoms with van der Waals surface area (Å²) in [5.41, 5.74) is 5.32. The van der Waals surface area contributed by atoms with E-state index in [4.69, 9.17) is 10.5 Å². The smallest absolute Gasteiger partial charge is 0.327 e. The highest BCUT2D eigenvalue weighted by Gasteiger charge is 2.37. The lowest BCUT2D eigenvalue weighted by Crippen LogP contribution is -2.52. The molecule has 1 aromatic carbocycles. The Kier molecular flexibility index (Phi) is 4.97. The monoisotopic (exact) mass is 273 g/mol. The van der Waals surface area contributed by atoms with Crippen LogP contribution < -0.4 is 5.73 Å². The molecule has 20 heavy (non-hydrogen) atoms. The van der Waals surface area contributed by atoms with Gasteiger partial charge in [0.2, 0.25) is 0 Å². The molecule has 0 spiro atoms. The second-order valence-corrected chi connectivity index (χ2v) is 6.14. The van der Waals surface area contributed by atoms with Gasteiger partial charge in [0, 0.05) is 11.5 Å². The number of rotatable bonds is 2. The van der Waals surface area contributed by atoms with Gasteiger partial charge in [-0.15, -0.1) is 0 Å². The van der Waals surface area contributed by atoms with E-state index in [0.717, 1.165) is 5.56 Å². The molecule has 1 rings (SSSR count). The predicted octanol–water partition coefficient (Wildman–Crippen LogP) is 2.73. The Bertz CT molecular complexity index is 515. The van der Waals surface area contributed by atoms with E-state index in [-0.39, 0.29) is 5.92 Å². The van der Waals surface area contributed by atoms with Gasteiger partial charge in [-0.2, -0.15) is 0 Å². The van der Waals surface area contributed by atoms with Crippen LogP contribution in [0.3, 0.4) is 0 Å². The topological polar surface area (TPSA) is 52.3 Å². The summed E-state index contributed by atoms with van der Waals surface area (Å²) in [4.78, 5) is 12.1. The van der Waals surface area contributed by atoms with E-state index in [1.165, 1.54) is 0 Å². The minimum absolute atomic E-state index is 0.308. The van der Waals surface area contributed by atoms with Crippen LogP contribution in [0.2, 0.25) is 0 Å². The van der Waals surface area contributed by atoms with E-state index in [2.05, 4.69) is 11.8 Å². The molecule has 0 aliphatic rings. The number of esters is 1. The zero-order chi connectivity index (χ0) is 15.4. The third-order valence-corrected chi connectivity index (χ3v) is 2.95. The maximum Gasteiger partial charge on any atom is 0.327 e. The first-order valence-corrected chi connectivity index (χ1v) is 6.72. The number of benzene rings is 1. The van der Waals surface area contributed by atoms with E-state index in [0.29, 0.717) is 0 Å². The molecule has 1 aromatic rings. The van der Waals surface area contributed by atoms with Crippen LogP contribution in [0.25, 0.3) is 0 Å². The molecule has 3 heteroatoms. The van der Waals surface area contributed by atoms with Crippen molar-refractivity contribution >= 4 is 5.97 Å². The van der Waals surface area contributed by atoms with Gasteiger partial charge in [0.1, 0.15) is 11.1 Å². The standard InChI is InChI=1S/C17H23NO2/c1-13(11-12-14-9-7-6-8-10-14)17(5,18)15(19)20-16(2,3)4/h6-10,13H,18H2,1-5H3/t13-,17+/m1/s1. The van der Waals surface area contributed by atoms with Gasteiger partial charge >= 0.3 is 5.97 Å². The van der Waals surface area contributed by atoms with Crippen LogP contribution in [0, 0.1) is 17.8 Å². The summed E-state index contributed by atoms with van der Waals surface area (Å²) < 4.78 is 5.34. The van der Waals surface area contributed by atoms with Crippen molar-refractivity contribution in [3.05, 3.63) is 35.9 Å². The fraction of sp³-hybridized carbons (Fsp3) is 0.471. The molecule has 3 nitrogen and oxygen atoms in total.